The van der Waals surface area contributed by atoms with Gasteiger partial charge in [0.05, 0.1) is 0 Å². The molecule has 2 aromatic heterocycles. The van der Waals surface area contributed by atoms with Crippen molar-refractivity contribution in [3.63, 3.8) is 0 Å². The molecule has 0 spiro atoms. The van der Waals surface area contributed by atoms with E-state index in [-0.39, 0.29) is 18.3 Å². The lowest BCUT2D eigenvalue weighted by atomic mass is 10.3. The molecule has 3 aromatic rings. The van der Waals surface area contributed by atoms with Crippen molar-refractivity contribution in [2.45, 2.75) is 6.92 Å². The molecule has 0 aliphatic heterocycles. The Balaban J connectivity index is 1.34. The van der Waals surface area contributed by atoms with E-state index < -0.39 is 0 Å². The molecular weight excluding hydrogens is 375 g/mol. The lowest BCUT2D eigenvalue weighted by Crippen LogP contribution is -2.32. The van der Waals surface area contributed by atoms with E-state index >= 15 is 0 Å². The summed E-state index contributed by atoms with van der Waals surface area (Å²) in [6.07, 6.45) is 1.72. The standard InChI is InChI=1S/C20H21FN6O2/c1-14-8-9-22-19(12-14)25-18-7-6-17(26-27-18)23-10-11-24-20(28)13-29-16-4-2-15(21)3-5-16/h2-9,12H,10-11,13H2,1H3,(H,23,26)(H,24,28)(H,22,25,27). The van der Waals surface area contributed by atoms with Gasteiger partial charge in [0, 0.05) is 19.3 Å². The fourth-order valence-electron chi connectivity index (χ4n) is 2.35. The van der Waals surface area contributed by atoms with Crippen LogP contribution in [0.2, 0.25) is 0 Å². The largest absolute Gasteiger partial charge is 0.484 e. The van der Waals surface area contributed by atoms with Crippen LogP contribution in [0.5, 0.6) is 5.75 Å². The van der Waals surface area contributed by atoms with Crippen molar-refractivity contribution < 1.29 is 13.9 Å². The van der Waals surface area contributed by atoms with Gasteiger partial charge in [0.15, 0.2) is 12.4 Å². The number of hydrogen-bond acceptors (Lipinski definition) is 7. The summed E-state index contributed by atoms with van der Waals surface area (Å²) in [7, 11) is 0. The Bertz CT molecular complexity index is 934. The summed E-state index contributed by atoms with van der Waals surface area (Å²) in [4.78, 5) is 16.0. The maximum absolute atomic E-state index is 12.8. The normalized spacial score (nSPS) is 10.3. The van der Waals surface area contributed by atoms with Gasteiger partial charge < -0.3 is 20.7 Å². The van der Waals surface area contributed by atoms with Crippen molar-refractivity contribution in [1.82, 2.24) is 20.5 Å². The minimum Gasteiger partial charge on any atom is -0.484 e. The second kappa shape index (κ2) is 9.98. The Morgan fingerprint density at radius 2 is 1.76 bits per heavy atom. The van der Waals surface area contributed by atoms with Crippen molar-refractivity contribution in [3.8, 4) is 5.75 Å². The van der Waals surface area contributed by atoms with E-state index in [1.165, 1.54) is 24.3 Å². The zero-order valence-electron chi connectivity index (χ0n) is 15.9. The van der Waals surface area contributed by atoms with Crippen LogP contribution in [0.4, 0.5) is 21.8 Å². The average molecular weight is 396 g/mol. The average Bonchev–Trinajstić information content (AvgIpc) is 2.72. The van der Waals surface area contributed by atoms with Gasteiger partial charge in [0.1, 0.15) is 23.2 Å². The smallest absolute Gasteiger partial charge is 0.258 e. The van der Waals surface area contributed by atoms with Gasteiger partial charge in [-0.1, -0.05) is 0 Å². The summed E-state index contributed by atoms with van der Waals surface area (Å²) in [6, 6.07) is 12.9. The number of halogens is 1. The second-order valence-electron chi connectivity index (χ2n) is 6.17. The van der Waals surface area contributed by atoms with Gasteiger partial charge in [-0.15, -0.1) is 10.2 Å². The highest BCUT2D eigenvalue weighted by molar-refractivity contribution is 5.77. The Kier molecular flexibility index (Phi) is 6.88. The van der Waals surface area contributed by atoms with Crippen LogP contribution < -0.4 is 20.7 Å². The molecular formula is C20H21FN6O2. The highest BCUT2D eigenvalue weighted by atomic mass is 19.1. The number of nitrogens with zero attached hydrogens (tertiary/aromatic N) is 3. The van der Waals surface area contributed by atoms with Crippen molar-refractivity contribution in [2.75, 3.05) is 30.3 Å². The summed E-state index contributed by atoms with van der Waals surface area (Å²) < 4.78 is 18.1. The molecule has 29 heavy (non-hydrogen) atoms. The van der Waals surface area contributed by atoms with E-state index in [9.17, 15) is 9.18 Å². The molecule has 8 nitrogen and oxygen atoms in total. The highest BCUT2D eigenvalue weighted by Gasteiger charge is 2.03. The minimum absolute atomic E-state index is 0.140. The predicted octanol–water partition coefficient (Wildman–Crippen LogP) is 2.67. The molecule has 0 fully saturated rings. The third-order valence-electron chi connectivity index (χ3n) is 3.77. The lowest BCUT2D eigenvalue weighted by Gasteiger charge is -2.09. The number of anilines is 3. The number of carbonyl (C=O) groups is 1. The summed E-state index contributed by atoms with van der Waals surface area (Å²) in [5.41, 5.74) is 1.10. The second-order valence-corrected chi connectivity index (χ2v) is 6.17. The van der Waals surface area contributed by atoms with Crippen molar-refractivity contribution in [1.29, 1.82) is 0 Å². The molecule has 0 saturated heterocycles. The van der Waals surface area contributed by atoms with Crippen LogP contribution in [0.3, 0.4) is 0 Å². The van der Waals surface area contributed by atoms with Crippen LogP contribution in [-0.4, -0.2) is 40.8 Å². The van der Waals surface area contributed by atoms with Crippen LogP contribution in [-0.2, 0) is 4.79 Å². The molecule has 0 aliphatic carbocycles. The first-order valence-electron chi connectivity index (χ1n) is 9.01. The Morgan fingerprint density at radius 3 is 2.48 bits per heavy atom. The van der Waals surface area contributed by atoms with Gasteiger partial charge >= 0.3 is 0 Å². The number of amides is 1. The number of pyridine rings is 1. The fraction of sp³-hybridized carbons (Fsp3) is 0.200. The van der Waals surface area contributed by atoms with Crippen LogP contribution in [0.15, 0.2) is 54.7 Å². The van der Waals surface area contributed by atoms with Crippen molar-refractivity contribution >= 4 is 23.4 Å². The summed E-state index contributed by atoms with van der Waals surface area (Å²) >= 11 is 0. The molecule has 0 radical (unpaired) electrons. The maximum atomic E-state index is 12.8. The van der Waals surface area contributed by atoms with Gasteiger partial charge in [0.25, 0.3) is 5.91 Å². The third-order valence-corrected chi connectivity index (χ3v) is 3.77. The van der Waals surface area contributed by atoms with E-state index in [1.807, 2.05) is 19.1 Å². The maximum Gasteiger partial charge on any atom is 0.258 e. The molecule has 0 saturated carbocycles. The van der Waals surface area contributed by atoms with Gasteiger partial charge in [0.2, 0.25) is 0 Å². The highest BCUT2D eigenvalue weighted by Crippen LogP contribution is 2.13. The number of aryl methyl sites for hydroxylation is 1. The fourth-order valence-corrected chi connectivity index (χ4v) is 2.35. The zero-order chi connectivity index (χ0) is 20.5. The van der Waals surface area contributed by atoms with Crippen LogP contribution >= 0.6 is 0 Å². The number of nitrogens with one attached hydrogen (secondary N) is 3. The third kappa shape index (κ3) is 6.73. The quantitative estimate of drug-likeness (QED) is 0.478. The molecule has 3 N–H and O–H groups in total. The van der Waals surface area contributed by atoms with Crippen molar-refractivity contribution in [2.24, 2.45) is 0 Å². The molecule has 150 valence electrons. The molecule has 2 heterocycles. The topological polar surface area (TPSA) is 101 Å². The van der Waals surface area contributed by atoms with Crippen LogP contribution in [0, 0.1) is 12.7 Å². The van der Waals surface area contributed by atoms with E-state index in [2.05, 4.69) is 31.1 Å². The van der Waals surface area contributed by atoms with Gasteiger partial charge in [-0.25, -0.2) is 9.37 Å². The molecule has 1 aromatic carbocycles. The number of aromatic nitrogens is 3. The first kappa shape index (κ1) is 20.0. The van der Waals surface area contributed by atoms with Gasteiger partial charge in [-0.05, 0) is 61.0 Å². The van der Waals surface area contributed by atoms with E-state index in [4.69, 9.17) is 4.74 Å². The number of benzene rings is 1. The Hall–Kier alpha value is -3.75. The minimum atomic E-state index is -0.355. The molecule has 0 bridgehead atoms. The molecule has 1 amide bonds. The summed E-state index contributed by atoms with van der Waals surface area (Å²) in [6.45, 7) is 2.71. The van der Waals surface area contributed by atoms with Crippen molar-refractivity contribution in [3.05, 3.63) is 66.1 Å². The zero-order valence-corrected chi connectivity index (χ0v) is 15.9. The van der Waals surface area contributed by atoms with E-state index in [1.54, 1.807) is 18.3 Å². The monoisotopic (exact) mass is 396 g/mol. The van der Waals surface area contributed by atoms with Crippen LogP contribution in [0.1, 0.15) is 5.56 Å². The Morgan fingerprint density at radius 1 is 1.00 bits per heavy atom. The summed E-state index contributed by atoms with van der Waals surface area (Å²) in [5, 5.41) is 17.0. The lowest BCUT2D eigenvalue weighted by molar-refractivity contribution is -0.123. The molecule has 0 atom stereocenters. The van der Waals surface area contributed by atoms with Gasteiger partial charge in [-0.2, -0.15) is 0 Å². The summed E-state index contributed by atoms with van der Waals surface area (Å²) in [5.74, 6) is 1.68. The number of rotatable bonds is 9. The number of hydrogen-bond donors (Lipinski definition) is 3. The molecule has 3 rings (SSSR count). The SMILES string of the molecule is Cc1ccnc(Nc2ccc(NCCNC(=O)COc3ccc(F)cc3)nn2)c1. The number of ether oxygens (including phenoxy) is 1. The number of carbonyl (C=O) groups excluding carboxylic acids is 1. The predicted molar refractivity (Wildman–Crippen MR) is 108 cm³/mol. The first-order chi connectivity index (χ1) is 14.1. The Labute approximate surface area is 167 Å². The van der Waals surface area contributed by atoms with Crippen LogP contribution in [0.25, 0.3) is 0 Å². The van der Waals surface area contributed by atoms with E-state index in [0.29, 0.717) is 36.3 Å². The van der Waals surface area contributed by atoms with E-state index in [0.717, 1.165) is 5.56 Å². The molecule has 0 aliphatic rings. The first-order valence-corrected chi connectivity index (χ1v) is 9.01. The van der Waals surface area contributed by atoms with Gasteiger partial charge in [-0.3, -0.25) is 4.79 Å². The molecule has 9 heteroatoms. The molecule has 0 unspecified atom stereocenters.